The Kier molecular flexibility index (Phi) is 4.04. The van der Waals surface area contributed by atoms with Gasteiger partial charge in [0.05, 0.1) is 17.9 Å². The van der Waals surface area contributed by atoms with Gasteiger partial charge in [-0.2, -0.15) is 19.6 Å². The minimum atomic E-state index is -0.511. The second-order valence-corrected chi connectivity index (χ2v) is 6.60. The summed E-state index contributed by atoms with van der Waals surface area (Å²) in [5.41, 5.74) is 1.28. The molecule has 0 amide bonds. The topological polar surface area (TPSA) is 146 Å². The maximum Gasteiger partial charge on any atom is 0.326 e. The summed E-state index contributed by atoms with van der Waals surface area (Å²) in [6.45, 7) is 0.207. The Bertz CT molecular complexity index is 1350. The molecule has 0 saturated heterocycles. The Balaban J connectivity index is 1.61. The van der Waals surface area contributed by atoms with Crippen LogP contribution in [0.5, 0.6) is 11.9 Å². The molecule has 1 fully saturated rings. The predicted octanol–water partition coefficient (Wildman–Crippen LogP) is -0.569. The molecule has 4 heterocycles. The molecule has 0 aromatic carbocycles. The third-order valence-corrected chi connectivity index (χ3v) is 4.31. The first kappa shape index (κ1) is 17.1. The Morgan fingerprint density at radius 2 is 2.21 bits per heavy atom. The molecule has 0 atom stereocenters. The summed E-state index contributed by atoms with van der Waals surface area (Å²) < 4.78 is 7.25. The van der Waals surface area contributed by atoms with E-state index in [1.165, 1.54) is 4.52 Å². The molecule has 0 unspecified atom stereocenters. The van der Waals surface area contributed by atoms with E-state index in [9.17, 15) is 9.90 Å². The molecule has 1 aliphatic carbocycles. The number of aromatic nitrogens is 7. The zero-order valence-electron chi connectivity index (χ0n) is 15.1. The maximum atomic E-state index is 11.4. The van der Waals surface area contributed by atoms with Gasteiger partial charge in [-0.1, -0.05) is 6.07 Å². The van der Waals surface area contributed by atoms with Crippen molar-refractivity contribution in [2.75, 3.05) is 0 Å². The minimum absolute atomic E-state index is 0.143. The number of rotatable bonds is 5. The van der Waals surface area contributed by atoms with Crippen molar-refractivity contribution in [3.05, 3.63) is 63.3 Å². The molecule has 11 nitrogen and oxygen atoms in total. The molecule has 29 heavy (non-hydrogen) atoms. The lowest BCUT2D eigenvalue weighted by Gasteiger charge is -2.04. The van der Waals surface area contributed by atoms with E-state index in [0.29, 0.717) is 16.5 Å². The number of aromatic amines is 2. The van der Waals surface area contributed by atoms with Crippen molar-refractivity contribution < 1.29 is 9.84 Å². The van der Waals surface area contributed by atoms with Gasteiger partial charge in [0, 0.05) is 11.4 Å². The van der Waals surface area contributed by atoms with Crippen molar-refractivity contribution in [3.63, 3.8) is 0 Å². The van der Waals surface area contributed by atoms with Gasteiger partial charge >= 0.3 is 11.7 Å². The minimum Gasteiger partial charge on any atom is -0.493 e. The molecule has 4 aromatic rings. The summed E-state index contributed by atoms with van der Waals surface area (Å²) >= 11 is 0. The second-order valence-electron chi connectivity index (χ2n) is 6.60. The van der Waals surface area contributed by atoms with E-state index >= 15 is 0 Å². The highest BCUT2D eigenvalue weighted by Crippen LogP contribution is 2.22. The third kappa shape index (κ3) is 3.57. The molecule has 0 radical (unpaired) electrons. The predicted molar refractivity (Wildman–Crippen MR) is 99.8 cm³/mol. The van der Waals surface area contributed by atoms with Crippen LogP contribution < -0.4 is 21.3 Å². The first-order valence-electron chi connectivity index (χ1n) is 9.01. The van der Waals surface area contributed by atoms with Crippen LogP contribution in [0.4, 0.5) is 0 Å². The summed E-state index contributed by atoms with van der Waals surface area (Å²) in [6.07, 6.45) is 6.82. The molecule has 1 aliphatic rings. The number of fused-ring (bicyclic) bond motifs is 1. The average molecular weight is 392 g/mol. The standard InChI is InChI=1S/C18H16N8O3/c27-15-13(22-17(28)24-15)7-10-8-20-26-14(10)23-18(25-16(26)21-11-4-5-11)29-9-12-3-1-2-6-19-12/h1-3,6-8,11,27H,4-5,9H2,(H2,22,24,28)/b10-7-,21-16?. The van der Waals surface area contributed by atoms with Gasteiger partial charge in [-0.05, 0) is 31.1 Å². The normalized spacial score (nSPS) is 15.3. The van der Waals surface area contributed by atoms with Gasteiger partial charge in [0.15, 0.2) is 5.65 Å². The summed E-state index contributed by atoms with van der Waals surface area (Å²) in [6, 6.07) is 5.91. The Labute approximate surface area is 162 Å². The van der Waals surface area contributed by atoms with Gasteiger partial charge in [0.25, 0.3) is 5.62 Å². The molecule has 4 aromatic heterocycles. The highest BCUT2D eigenvalue weighted by Gasteiger charge is 2.21. The van der Waals surface area contributed by atoms with Gasteiger partial charge in [-0.3, -0.25) is 9.97 Å². The van der Waals surface area contributed by atoms with Crippen LogP contribution in [0.2, 0.25) is 0 Å². The molecule has 0 bridgehead atoms. The van der Waals surface area contributed by atoms with Crippen LogP contribution in [0.3, 0.4) is 0 Å². The van der Waals surface area contributed by atoms with E-state index in [4.69, 9.17) is 4.74 Å². The fourth-order valence-electron chi connectivity index (χ4n) is 2.75. The van der Waals surface area contributed by atoms with Crippen molar-refractivity contribution in [2.45, 2.75) is 25.5 Å². The number of aromatic hydroxyl groups is 1. The van der Waals surface area contributed by atoms with Crippen molar-refractivity contribution in [1.82, 2.24) is 34.5 Å². The van der Waals surface area contributed by atoms with Crippen LogP contribution in [0, 0.1) is 0 Å². The van der Waals surface area contributed by atoms with E-state index in [1.807, 2.05) is 18.2 Å². The van der Waals surface area contributed by atoms with E-state index in [0.717, 1.165) is 18.5 Å². The number of nitrogens with one attached hydrogen (secondary N) is 2. The Morgan fingerprint density at radius 3 is 2.93 bits per heavy atom. The van der Waals surface area contributed by atoms with E-state index in [2.05, 4.69) is 35.0 Å². The van der Waals surface area contributed by atoms with Crippen molar-refractivity contribution in [2.24, 2.45) is 4.99 Å². The van der Waals surface area contributed by atoms with Gasteiger partial charge in [0.2, 0.25) is 5.88 Å². The lowest BCUT2D eigenvalue weighted by atomic mass is 10.3. The molecule has 146 valence electrons. The zero-order valence-corrected chi connectivity index (χ0v) is 15.1. The highest BCUT2D eigenvalue weighted by molar-refractivity contribution is 5.56. The summed E-state index contributed by atoms with van der Waals surface area (Å²) in [5, 5.41) is 14.7. The number of hydrogen-bond acceptors (Lipinski definition) is 8. The monoisotopic (exact) mass is 392 g/mol. The molecule has 0 aliphatic heterocycles. The number of ether oxygens (including phenoxy) is 1. The van der Waals surface area contributed by atoms with E-state index in [-0.39, 0.29) is 30.2 Å². The fourth-order valence-corrected chi connectivity index (χ4v) is 2.75. The largest absolute Gasteiger partial charge is 0.493 e. The number of imidazole rings is 1. The van der Waals surface area contributed by atoms with Crippen molar-refractivity contribution in [1.29, 1.82) is 0 Å². The van der Waals surface area contributed by atoms with Crippen LogP contribution in [-0.2, 0) is 6.61 Å². The van der Waals surface area contributed by atoms with Gasteiger partial charge < -0.3 is 14.8 Å². The number of nitrogens with zero attached hydrogens (tertiary/aromatic N) is 6. The second kappa shape index (κ2) is 6.86. The molecule has 5 rings (SSSR count). The van der Waals surface area contributed by atoms with Crippen LogP contribution in [0.25, 0.3) is 11.7 Å². The first-order chi connectivity index (χ1) is 14.2. The number of hydrogen-bond donors (Lipinski definition) is 3. The summed E-state index contributed by atoms with van der Waals surface area (Å²) in [4.78, 5) is 33.8. The molecule has 1 saturated carbocycles. The maximum absolute atomic E-state index is 11.4. The van der Waals surface area contributed by atoms with Crippen LogP contribution in [0.15, 0.2) is 40.4 Å². The van der Waals surface area contributed by atoms with Crippen molar-refractivity contribution in [3.8, 4) is 11.9 Å². The first-order valence-corrected chi connectivity index (χ1v) is 9.01. The fraction of sp³-hybridized carbons (Fsp3) is 0.222. The average Bonchev–Trinajstić information content (AvgIpc) is 3.36. The molecule has 0 spiro atoms. The Morgan fingerprint density at radius 1 is 1.31 bits per heavy atom. The lowest BCUT2D eigenvalue weighted by Crippen LogP contribution is -2.24. The number of pyridine rings is 1. The molecule has 11 heteroatoms. The molecular weight excluding hydrogens is 376 g/mol. The van der Waals surface area contributed by atoms with Gasteiger partial charge in [-0.25, -0.2) is 9.79 Å². The summed E-state index contributed by atoms with van der Waals surface area (Å²) in [7, 11) is 0. The van der Waals surface area contributed by atoms with Crippen molar-refractivity contribution >= 4 is 11.7 Å². The van der Waals surface area contributed by atoms with Gasteiger partial charge in [-0.15, -0.1) is 0 Å². The molecular formula is C18H16N8O3. The summed E-state index contributed by atoms with van der Waals surface area (Å²) in [5.74, 6) is -0.266. The Hall–Kier alpha value is -4.02. The SMILES string of the molecule is O=c1[nH]c(O)c(/C=c2/cnn3c(=NC4CC4)nc(OCc4ccccn4)nc23)[nH]1. The third-order valence-electron chi connectivity index (χ3n) is 4.31. The van der Waals surface area contributed by atoms with Crippen LogP contribution in [-0.4, -0.2) is 45.7 Å². The quantitative estimate of drug-likeness (QED) is 0.412. The lowest BCUT2D eigenvalue weighted by molar-refractivity contribution is 0.274. The number of H-pyrrole nitrogens is 2. The van der Waals surface area contributed by atoms with E-state index in [1.54, 1.807) is 18.5 Å². The zero-order chi connectivity index (χ0) is 19.8. The molecule has 3 N–H and O–H groups in total. The smallest absolute Gasteiger partial charge is 0.326 e. The van der Waals surface area contributed by atoms with Gasteiger partial charge in [0.1, 0.15) is 12.3 Å². The van der Waals surface area contributed by atoms with E-state index < -0.39 is 5.69 Å². The van der Waals surface area contributed by atoms with Crippen LogP contribution in [0.1, 0.15) is 24.2 Å². The highest BCUT2D eigenvalue weighted by atomic mass is 16.5. The van der Waals surface area contributed by atoms with Crippen LogP contribution >= 0.6 is 0 Å².